The molecule has 1 N–H and O–H groups in total. The zero-order valence-electron chi connectivity index (χ0n) is 25.3. The maximum Gasteiger partial charge on any atom is 0.264 e. The number of ether oxygens (including phenoxy) is 1. The van der Waals surface area contributed by atoms with Crippen LogP contribution in [0.3, 0.4) is 0 Å². The van der Waals surface area contributed by atoms with Gasteiger partial charge in [-0.1, -0.05) is 67.1 Å². The van der Waals surface area contributed by atoms with E-state index >= 15 is 0 Å². The molecule has 8 nitrogen and oxygen atoms in total. The third-order valence-electron chi connectivity index (χ3n) is 7.81. The molecular formula is C33H38Cl3N3O5S. The highest BCUT2D eigenvalue weighted by atomic mass is 35.5. The molecule has 1 saturated carbocycles. The molecular weight excluding hydrogens is 657 g/mol. The molecule has 242 valence electrons. The van der Waals surface area contributed by atoms with Crippen LogP contribution in [0.2, 0.25) is 15.1 Å². The molecule has 1 unspecified atom stereocenters. The van der Waals surface area contributed by atoms with E-state index in [-0.39, 0.29) is 29.1 Å². The van der Waals surface area contributed by atoms with Crippen molar-refractivity contribution in [3.63, 3.8) is 0 Å². The van der Waals surface area contributed by atoms with E-state index in [1.54, 1.807) is 42.5 Å². The number of amides is 2. The summed E-state index contributed by atoms with van der Waals surface area (Å²) < 4.78 is 34.7. The zero-order valence-corrected chi connectivity index (χ0v) is 28.4. The van der Waals surface area contributed by atoms with Gasteiger partial charge in [0.1, 0.15) is 18.3 Å². The maximum absolute atomic E-state index is 14.3. The number of carbonyl (C=O) groups is 2. The Morgan fingerprint density at radius 3 is 2.16 bits per heavy atom. The van der Waals surface area contributed by atoms with Crippen molar-refractivity contribution in [2.45, 2.75) is 75.9 Å². The highest BCUT2D eigenvalue weighted by molar-refractivity contribution is 7.92. The van der Waals surface area contributed by atoms with Crippen LogP contribution in [0.25, 0.3) is 0 Å². The Morgan fingerprint density at radius 1 is 0.911 bits per heavy atom. The molecule has 3 aromatic carbocycles. The Labute approximate surface area is 280 Å². The van der Waals surface area contributed by atoms with E-state index in [0.29, 0.717) is 39.4 Å². The van der Waals surface area contributed by atoms with Crippen LogP contribution in [0.1, 0.15) is 57.9 Å². The van der Waals surface area contributed by atoms with Crippen LogP contribution in [0.4, 0.5) is 5.69 Å². The molecule has 1 aliphatic rings. The Bertz CT molecular complexity index is 1560. The molecule has 0 aromatic heterocycles. The summed E-state index contributed by atoms with van der Waals surface area (Å²) in [5.41, 5.74) is 0.831. The van der Waals surface area contributed by atoms with Gasteiger partial charge in [-0.25, -0.2) is 8.42 Å². The standard InChI is InChI=1S/C33H38Cl3N3O5S/c1-3-31(33(41)37-26-8-6-5-7-9-26)38(21-23-10-11-25(35)20-30(23)36)32(40)22-39(27-14-16-28(17-15-27)44-4-2)45(42,43)29-18-12-24(34)13-19-29/h10-20,26,31H,3-9,21-22H2,1-2H3,(H,37,41). The summed E-state index contributed by atoms with van der Waals surface area (Å²) in [4.78, 5) is 29.4. The smallest absolute Gasteiger partial charge is 0.264 e. The van der Waals surface area contributed by atoms with Gasteiger partial charge in [-0.15, -0.1) is 0 Å². The number of hydrogen-bond acceptors (Lipinski definition) is 5. The Morgan fingerprint density at radius 2 is 1.56 bits per heavy atom. The molecule has 1 fully saturated rings. The van der Waals surface area contributed by atoms with Crippen LogP contribution in [0.15, 0.2) is 71.6 Å². The summed E-state index contributed by atoms with van der Waals surface area (Å²) >= 11 is 18.7. The Balaban J connectivity index is 1.73. The minimum absolute atomic E-state index is 0.0243. The Kier molecular flexibility index (Phi) is 12.4. The lowest BCUT2D eigenvalue weighted by atomic mass is 9.95. The van der Waals surface area contributed by atoms with Crippen LogP contribution in [-0.4, -0.2) is 50.4 Å². The quantitative estimate of drug-likeness (QED) is 0.200. The van der Waals surface area contributed by atoms with E-state index in [1.807, 2.05) is 13.8 Å². The molecule has 1 atom stereocenters. The van der Waals surface area contributed by atoms with Gasteiger partial charge in [-0.3, -0.25) is 13.9 Å². The maximum atomic E-state index is 14.3. The molecule has 0 spiro atoms. The highest BCUT2D eigenvalue weighted by Crippen LogP contribution is 2.29. The van der Waals surface area contributed by atoms with Gasteiger partial charge in [0.15, 0.2) is 0 Å². The summed E-state index contributed by atoms with van der Waals surface area (Å²) in [5.74, 6) is -0.296. The number of anilines is 1. The fraction of sp³-hybridized carbons (Fsp3) is 0.394. The molecule has 1 aliphatic carbocycles. The van der Waals surface area contributed by atoms with Crippen LogP contribution >= 0.6 is 34.8 Å². The molecule has 0 radical (unpaired) electrons. The second-order valence-corrected chi connectivity index (χ2v) is 14.1. The molecule has 4 rings (SSSR count). The van der Waals surface area contributed by atoms with Crippen molar-refractivity contribution in [2.75, 3.05) is 17.5 Å². The lowest BCUT2D eigenvalue weighted by Gasteiger charge is -2.34. The summed E-state index contributed by atoms with van der Waals surface area (Å²) in [7, 11) is -4.24. The first-order chi connectivity index (χ1) is 21.5. The highest BCUT2D eigenvalue weighted by Gasteiger charge is 2.34. The molecule has 0 bridgehead atoms. The van der Waals surface area contributed by atoms with Crippen LogP contribution in [-0.2, 0) is 26.2 Å². The summed E-state index contributed by atoms with van der Waals surface area (Å²) in [6, 6.07) is 16.3. The first-order valence-electron chi connectivity index (χ1n) is 15.1. The number of nitrogens with zero attached hydrogens (tertiary/aromatic N) is 2. The monoisotopic (exact) mass is 693 g/mol. The first-order valence-corrected chi connectivity index (χ1v) is 17.7. The van der Waals surface area contributed by atoms with E-state index in [0.717, 1.165) is 36.4 Å². The molecule has 0 aliphatic heterocycles. The average Bonchev–Trinajstić information content (AvgIpc) is 3.02. The fourth-order valence-electron chi connectivity index (χ4n) is 5.44. The third-order valence-corrected chi connectivity index (χ3v) is 10.4. The van der Waals surface area contributed by atoms with Gasteiger partial charge in [0, 0.05) is 27.7 Å². The minimum Gasteiger partial charge on any atom is -0.494 e. The molecule has 0 heterocycles. The molecule has 0 saturated heterocycles. The SMILES string of the molecule is CCOc1ccc(N(CC(=O)N(Cc2ccc(Cl)cc2Cl)C(CC)C(=O)NC2CCCCC2)S(=O)(=O)c2ccc(Cl)cc2)cc1. The fourth-order valence-corrected chi connectivity index (χ4v) is 7.44. The predicted molar refractivity (Wildman–Crippen MR) is 180 cm³/mol. The molecule has 3 aromatic rings. The minimum atomic E-state index is -4.24. The summed E-state index contributed by atoms with van der Waals surface area (Å²) in [6.07, 6.45) is 5.26. The van der Waals surface area contributed by atoms with Gasteiger partial charge in [0.05, 0.1) is 17.2 Å². The molecule has 45 heavy (non-hydrogen) atoms. The topological polar surface area (TPSA) is 96.0 Å². The normalized spacial score (nSPS) is 14.4. The van der Waals surface area contributed by atoms with Gasteiger partial charge < -0.3 is 15.0 Å². The van der Waals surface area contributed by atoms with E-state index in [1.165, 1.54) is 29.2 Å². The number of halogens is 3. The van der Waals surface area contributed by atoms with E-state index in [9.17, 15) is 18.0 Å². The lowest BCUT2D eigenvalue weighted by molar-refractivity contribution is -0.140. The Hall–Kier alpha value is -2.98. The molecule has 2 amide bonds. The van der Waals surface area contributed by atoms with Crippen molar-refractivity contribution in [1.82, 2.24) is 10.2 Å². The van der Waals surface area contributed by atoms with Crippen LogP contribution < -0.4 is 14.4 Å². The first kappa shape index (κ1) is 34.9. The number of rotatable bonds is 13. The van der Waals surface area contributed by atoms with Gasteiger partial charge in [0.25, 0.3) is 10.0 Å². The van der Waals surface area contributed by atoms with Crippen LogP contribution in [0.5, 0.6) is 5.75 Å². The van der Waals surface area contributed by atoms with Crippen molar-refractivity contribution in [3.05, 3.63) is 87.4 Å². The van der Waals surface area contributed by atoms with Gasteiger partial charge in [-0.05, 0) is 92.4 Å². The third kappa shape index (κ3) is 9.06. The van der Waals surface area contributed by atoms with E-state index in [4.69, 9.17) is 39.5 Å². The summed E-state index contributed by atoms with van der Waals surface area (Å²) in [6.45, 7) is 3.51. The van der Waals surface area contributed by atoms with Crippen molar-refractivity contribution in [1.29, 1.82) is 0 Å². The largest absolute Gasteiger partial charge is 0.494 e. The number of sulfonamides is 1. The number of hydrogen-bond donors (Lipinski definition) is 1. The van der Waals surface area contributed by atoms with Crippen molar-refractivity contribution in [2.24, 2.45) is 0 Å². The van der Waals surface area contributed by atoms with E-state index < -0.39 is 28.5 Å². The van der Waals surface area contributed by atoms with E-state index in [2.05, 4.69) is 5.32 Å². The van der Waals surface area contributed by atoms with Gasteiger partial charge >= 0.3 is 0 Å². The second kappa shape index (κ2) is 16.0. The molecule has 12 heteroatoms. The van der Waals surface area contributed by atoms with Crippen LogP contribution in [0, 0.1) is 0 Å². The van der Waals surface area contributed by atoms with Gasteiger partial charge in [0.2, 0.25) is 11.8 Å². The summed E-state index contributed by atoms with van der Waals surface area (Å²) in [5, 5.41) is 4.27. The predicted octanol–water partition coefficient (Wildman–Crippen LogP) is 7.50. The zero-order chi connectivity index (χ0) is 32.6. The number of benzene rings is 3. The van der Waals surface area contributed by atoms with Crippen molar-refractivity contribution < 1.29 is 22.7 Å². The number of nitrogens with one attached hydrogen (secondary N) is 1. The van der Waals surface area contributed by atoms with Crippen molar-refractivity contribution >= 4 is 62.3 Å². The van der Waals surface area contributed by atoms with Crippen molar-refractivity contribution in [3.8, 4) is 5.75 Å². The second-order valence-electron chi connectivity index (χ2n) is 10.9. The average molecular weight is 695 g/mol. The lowest BCUT2D eigenvalue weighted by Crippen LogP contribution is -2.54. The number of carbonyl (C=O) groups excluding carboxylic acids is 2. The van der Waals surface area contributed by atoms with Gasteiger partial charge in [-0.2, -0.15) is 0 Å².